The lowest BCUT2D eigenvalue weighted by atomic mass is 10.0. The second-order valence-electron chi connectivity index (χ2n) is 5.45. The second-order valence-corrected chi connectivity index (χ2v) is 5.45. The molecule has 1 aromatic rings. The van der Waals surface area contributed by atoms with Crippen LogP contribution < -0.4 is 10.5 Å². The van der Waals surface area contributed by atoms with Crippen molar-refractivity contribution in [3.63, 3.8) is 0 Å². The summed E-state index contributed by atoms with van der Waals surface area (Å²) in [6.07, 6.45) is 4.61. The molecular formula is C14H19FN2O. The zero-order valence-electron chi connectivity index (χ0n) is 10.6. The summed E-state index contributed by atoms with van der Waals surface area (Å²) in [4.78, 5) is 2.44. The van der Waals surface area contributed by atoms with Crippen molar-refractivity contribution in [3.05, 3.63) is 24.0 Å². The van der Waals surface area contributed by atoms with Gasteiger partial charge in [0.25, 0.3) is 0 Å². The normalized spacial score (nSPS) is 31.6. The molecule has 3 rings (SSSR count). The molecule has 3 nitrogen and oxygen atoms in total. The highest BCUT2D eigenvalue weighted by atomic mass is 19.1. The standard InChI is InChI=1S/C14H19FN2O/c1-17-10-3-4-11(17)8-12(7-10)18-14-5-2-9(16)6-13(14)15/h2,5-6,10-12H,3-4,7-8,16H2,1H3. The van der Waals surface area contributed by atoms with Gasteiger partial charge in [-0.15, -0.1) is 0 Å². The van der Waals surface area contributed by atoms with Gasteiger partial charge in [0.05, 0.1) is 0 Å². The number of benzene rings is 1. The van der Waals surface area contributed by atoms with Gasteiger partial charge in [0.2, 0.25) is 0 Å². The number of halogens is 1. The molecule has 2 saturated heterocycles. The maximum Gasteiger partial charge on any atom is 0.167 e. The van der Waals surface area contributed by atoms with E-state index in [1.54, 1.807) is 12.1 Å². The van der Waals surface area contributed by atoms with Crippen molar-refractivity contribution in [1.82, 2.24) is 4.90 Å². The van der Waals surface area contributed by atoms with Crippen molar-refractivity contribution >= 4 is 5.69 Å². The van der Waals surface area contributed by atoms with E-state index in [-0.39, 0.29) is 11.9 Å². The van der Waals surface area contributed by atoms with Gasteiger partial charge in [-0.05, 0) is 44.9 Å². The summed E-state index contributed by atoms with van der Waals surface area (Å²) in [5, 5.41) is 0. The third-order valence-electron chi connectivity index (χ3n) is 4.30. The third kappa shape index (κ3) is 2.05. The van der Waals surface area contributed by atoms with E-state index in [1.165, 1.54) is 18.9 Å². The molecule has 0 aromatic heterocycles. The SMILES string of the molecule is CN1C2CCC1CC(Oc1ccc(N)cc1F)C2. The number of nitrogen functional groups attached to an aromatic ring is 1. The monoisotopic (exact) mass is 250 g/mol. The van der Waals surface area contributed by atoms with Crippen molar-refractivity contribution in [2.45, 2.75) is 43.9 Å². The van der Waals surface area contributed by atoms with Crippen LogP contribution in [0, 0.1) is 5.82 Å². The fraction of sp³-hybridized carbons (Fsp3) is 0.571. The van der Waals surface area contributed by atoms with Gasteiger partial charge in [0.15, 0.2) is 11.6 Å². The smallest absolute Gasteiger partial charge is 0.167 e. The van der Waals surface area contributed by atoms with Crippen LogP contribution in [0.5, 0.6) is 5.75 Å². The number of hydrogen-bond donors (Lipinski definition) is 1. The molecule has 98 valence electrons. The first kappa shape index (κ1) is 11.8. The molecule has 2 atom stereocenters. The fourth-order valence-corrected chi connectivity index (χ4v) is 3.25. The van der Waals surface area contributed by atoms with Crippen LogP contribution in [0.4, 0.5) is 10.1 Å². The number of rotatable bonds is 2. The largest absolute Gasteiger partial charge is 0.487 e. The van der Waals surface area contributed by atoms with Gasteiger partial charge in [-0.2, -0.15) is 0 Å². The van der Waals surface area contributed by atoms with Gasteiger partial charge >= 0.3 is 0 Å². The van der Waals surface area contributed by atoms with Gasteiger partial charge < -0.3 is 15.4 Å². The van der Waals surface area contributed by atoms with E-state index in [4.69, 9.17) is 10.5 Å². The minimum absolute atomic E-state index is 0.136. The molecule has 0 amide bonds. The van der Waals surface area contributed by atoms with Crippen molar-refractivity contribution in [2.75, 3.05) is 12.8 Å². The number of piperidine rings is 1. The Morgan fingerprint density at radius 1 is 1.28 bits per heavy atom. The summed E-state index contributed by atoms with van der Waals surface area (Å²) < 4.78 is 19.5. The number of nitrogens with two attached hydrogens (primary N) is 1. The number of fused-ring (bicyclic) bond motifs is 2. The first-order valence-corrected chi connectivity index (χ1v) is 6.57. The minimum Gasteiger partial charge on any atom is -0.487 e. The lowest BCUT2D eigenvalue weighted by molar-refractivity contribution is 0.0636. The van der Waals surface area contributed by atoms with Crippen molar-refractivity contribution in [3.8, 4) is 5.75 Å². The number of nitrogens with zero attached hydrogens (tertiary/aromatic N) is 1. The van der Waals surface area contributed by atoms with E-state index in [9.17, 15) is 4.39 Å². The molecule has 1 aromatic carbocycles. The topological polar surface area (TPSA) is 38.5 Å². The van der Waals surface area contributed by atoms with Gasteiger partial charge in [-0.25, -0.2) is 4.39 Å². The van der Waals surface area contributed by atoms with Crippen LogP contribution in [0.25, 0.3) is 0 Å². The number of ether oxygens (including phenoxy) is 1. The summed E-state index contributed by atoms with van der Waals surface area (Å²) in [5.41, 5.74) is 5.96. The average molecular weight is 250 g/mol. The average Bonchev–Trinajstić information content (AvgIpc) is 2.57. The van der Waals surface area contributed by atoms with Crippen LogP contribution in [-0.2, 0) is 0 Å². The van der Waals surface area contributed by atoms with Gasteiger partial charge in [0, 0.05) is 23.8 Å². The summed E-state index contributed by atoms with van der Waals surface area (Å²) in [6, 6.07) is 5.84. The Bertz CT molecular complexity index is 437. The quantitative estimate of drug-likeness (QED) is 0.819. The van der Waals surface area contributed by atoms with Crippen LogP contribution in [-0.4, -0.2) is 30.1 Å². The van der Waals surface area contributed by atoms with Crippen LogP contribution in [0.2, 0.25) is 0 Å². The predicted molar refractivity (Wildman–Crippen MR) is 69.0 cm³/mol. The predicted octanol–water partition coefficient (Wildman–Crippen LogP) is 2.41. The molecule has 2 fully saturated rings. The van der Waals surface area contributed by atoms with E-state index in [0.29, 0.717) is 23.5 Å². The van der Waals surface area contributed by atoms with Crippen molar-refractivity contribution in [2.24, 2.45) is 0 Å². The lowest BCUT2D eigenvalue weighted by Crippen LogP contribution is -2.43. The Kier molecular flexibility index (Phi) is 2.90. The van der Waals surface area contributed by atoms with E-state index < -0.39 is 0 Å². The molecule has 18 heavy (non-hydrogen) atoms. The zero-order valence-corrected chi connectivity index (χ0v) is 10.6. The van der Waals surface area contributed by atoms with Crippen molar-refractivity contribution < 1.29 is 9.13 Å². The highest BCUT2D eigenvalue weighted by Crippen LogP contribution is 2.36. The molecule has 2 unspecified atom stereocenters. The highest BCUT2D eigenvalue weighted by Gasteiger charge is 2.39. The number of hydrogen-bond acceptors (Lipinski definition) is 3. The highest BCUT2D eigenvalue weighted by molar-refractivity contribution is 5.42. The molecule has 0 saturated carbocycles. The molecule has 0 radical (unpaired) electrons. The summed E-state index contributed by atoms with van der Waals surface area (Å²) in [5.74, 6) is -0.0283. The number of anilines is 1. The molecule has 2 N–H and O–H groups in total. The van der Waals surface area contributed by atoms with Crippen LogP contribution in [0.15, 0.2) is 18.2 Å². The molecule has 2 aliphatic rings. The summed E-state index contributed by atoms with van der Waals surface area (Å²) >= 11 is 0. The second kappa shape index (κ2) is 4.43. The molecule has 2 heterocycles. The van der Waals surface area contributed by atoms with Crippen molar-refractivity contribution in [1.29, 1.82) is 0 Å². The van der Waals surface area contributed by atoms with E-state index in [2.05, 4.69) is 11.9 Å². The molecule has 0 aliphatic carbocycles. The van der Waals surface area contributed by atoms with Crippen LogP contribution in [0.3, 0.4) is 0 Å². The molecule has 4 heteroatoms. The van der Waals surface area contributed by atoms with Gasteiger partial charge in [0.1, 0.15) is 6.10 Å². The van der Waals surface area contributed by atoms with Gasteiger partial charge in [-0.1, -0.05) is 0 Å². The van der Waals surface area contributed by atoms with Crippen LogP contribution >= 0.6 is 0 Å². The Morgan fingerprint density at radius 3 is 2.56 bits per heavy atom. The minimum atomic E-state index is -0.360. The van der Waals surface area contributed by atoms with E-state index >= 15 is 0 Å². The summed E-state index contributed by atoms with van der Waals surface area (Å²) in [6.45, 7) is 0. The van der Waals surface area contributed by atoms with Crippen LogP contribution in [0.1, 0.15) is 25.7 Å². The van der Waals surface area contributed by atoms with Gasteiger partial charge in [-0.3, -0.25) is 0 Å². The molecular weight excluding hydrogens is 231 g/mol. The molecule has 2 aliphatic heterocycles. The maximum atomic E-state index is 13.7. The van der Waals surface area contributed by atoms with E-state index in [0.717, 1.165) is 12.8 Å². The first-order chi connectivity index (χ1) is 8.63. The zero-order chi connectivity index (χ0) is 12.7. The Morgan fingerprint density at radius 2 is 1.94 bits per heavy atom. The van der Waals surface area contributed by atoms with E-state index in [1.807, 2.05) is 0 Å². The fourth-order valence-electron chi connectivity index (χ4n) is 3.25. The molecule has 0 spiro atoms. The third-order valence-corrected chi connectivity index (χ3v) is 4.30. The maximum absolute atomic E-state index is 13.7. The lowest BCUT2D eigenvalue weighted by Gasteiger charge is -2.36. The Balaban J connectivity index is 1.70. The Hall–Kier alpha value is -1.29. The summed E-state index contributed by atoms with van der Waals surface area (Å²) in [7, 11) is 2.18. The first-order valence-electron chi connectivity index (χ1n) is 6.57. The Labute approximate surface area is 107 Å². The molecule has 2 bridgehead atoms.